The maximum atomic E-state index is 10.9. The predicted molar refractivity (Wildman–Crippen MR) is 45.8 cm³/mol. The van der Waals surface area contributed by atoms with Crippen LogP contribution in [0.5, 0.6) is 0 Å². The van der Waals surface area contributed by atoms with Crippen molar-refractivity contribution in [3.8, 4) is 0 Å². The summed E-state index contributed by atoms with van der Waals surface area (Å²) in [4.78, 5) is 10.9. The summed E-state index contributed by atoms with van der Waals surface area (Å²) < 4.78 is 1.48. The minimum Gasteiger partial charge on any atom is -0.368 e. The molecule has 66 valence electrons. The summed E-state index contributed by atoms with van der Waals surface area (Å²) in [5.74, 6) is -0.391. The summed E-state index contributed by atoms with van der Waals surface area (Å²) in [5.41, 5.74) is 5.15. The first-order valence-electron chi connectivity index (χ1n) is 3.64. The molecule has 0 radical (unpaired) electrons. The molecule has 1 aromatic rings. The minimum absolute atomic E-state index is 0.391. The number of hydrogen-bond donors (Lipinski definition) is 1. The Morgan fingerprint density at radius 3 is 2.92 bits per heavy atom. The van der Waals surface area contributed by atoms with Gasteiger partial charge in [0.05, 0.1) is 11.2 Å². The van der Waals surface area contributed by atoms with Gasteiger partial charge in [0.15, 0.2) is 0 Å². The van der Waals surface area contributed by atoms with Crippen LogP contribution in [0.4, 0.5) is 0 Å². The molecule has 1 amide bonds. The molecule has 0 aliphatic heterocycles. The number of amides is 1. The summed E-state index contributed by atoms with van der Waals surface area (Å²) in [5, 5.41) is 4.40. The molecular weight excluding hydrogens is 178 g/mol. The summed E-state index contributed by atoms with van der Waals surface area (Å²) >= 11 is 5.63. The van der Waals surface area contributed by atoms with E-state index in [1.54, 1.807) is 6.20 Å². The number of halogens is 1. The zero-order chi connectivity index (χ0) is 9.14. The highest BCUT2D eigenvalue weighted by Gasteiger charge is 2.15. The van der Waals surface area contributed by atoms with Gasteiger partial charge in [0, 0.05) is 6.20 Å². The third-order valence-electron chi connectivity index (χ3n) is 1.60. The van der Waals surface area contributed by atoms with Crippen LogP contribution in [0.25, 0.3) is 0 Å². The molecule has 0 aromatic carbocycles. The van der Waals surface area contributed by atoms with Crippen molar-refractivity contribution in [1.82, 2.24) is 9.78 Å². The molecule has 0 aliphatic rings. The molecule has 0 fully saturated rings. The lowest BCUT2D eigenvalue weighted by atomic mass is 10.2. The Kier molecular flexibility index (Phi) is 2.70. The third kappa shape index (κ3) is 1.76. The lowest BCUT2D eigenvalue weighted by molar-refractivity contribution is -0.121. The SMILES string of the molecule is CC[C@@H](C(N)=O)n1cc(Cl)cn1. The molecule has 0 unspecified atom stereocenters. The average molecular weight is 188 g/mol. The van der Waals surface area contributed by atoms with Crippen molar-refractivity contribution in [3.63, 3.8) is 0 Å². The quantitative estimate of drug-likeness (QED) is 0.767. The topological polar surface area (TPSA) is 60.9 Å². The molecule has 0 saturated carbocycles. The smallest absolute Gasteiger partial charge is 0.242 e. The first-order valence-corrected chi connectivity index (χ1v) is 4.02. The first kappa shape index (κ1) is 9.06. The third-order valence-corrected chi connectivity index (χ3v) is 1.80. The fourth-order valence-corrected chi connectivity index (χ4v) is 1.15. The van der Waals surface area contributed by atoms with Crippen LogP contribution < -0.4 is 5.73 Å². The van der Waals surface area contributed by atoms with E-state index >= 15 is 0 Å². The molecule has 0 saturated heterocycles. The van der Waals surface area contributed by atoms with E-state index in [0.29, 0.717) is 11.4 Å². The van der Waals surface area contributed by atoms with E-state index in [4.69, 9.17) is 17.3 Å². The van der Waals surface area contributed by atoms with Gasteiger partial charge in [-0.3, -0.25) is 9.48 Å². The van der Waals surface area contributed by atoms with Crippen LogP contribution in [0.2, 0.25) is 5.02 Å². The first-order chi connectivity index (χ1) is 5.65. The normalized spacial score (nSPS) is 12.8. The monoisotopic (exact) mass is 187 g/mol. The second-order valence-corrected chi connectivity index (χ2v) is 2.90. The van der Waals surface area contributed by atoms with Crippen molar-refractivity contribution >= 4 is 17.5 Å². The zero-order valence-electron chi connectivity index (χ0n) is 6.70. The molecule has 1 aromatic heterocycles. The zero-order valence-corrected chi connectivity index (χ0v) is 7.45. The Morgan fingerprint density at radius 1 is 1.92 bits per heavy atom. The average Bonchev–Trinajstić information content (AvgIpc) is 2.37. The van der Waals surface area contributed by atoms with E-state index in [2.05, 4.69) is 5.10 Å². The van der Waals surface area contributed by atoms with Gasteiger partial charge in [-0.15, -0.1) is 0 Å². The Labute approximate surface area is 75.3 Å². The largest absolute Gasteiger partial charge is 0.368 e. The molecule has 0 aliphatic carbocycles. The highest BCUT2D eigenvalue weighted by Crippen LogP contribution is 2.13. The number of nitrogens with zero attached hydrogens (tertiary/aromatic N) is 2. The second kappa shape index (κ2) is 3.58. The number of aromatic nitrogens is 2. The molecule has 5 heteroatoms. The van der Waals surface area contributed by atoms with Gasteiger partial charge < -0.3 is 5.73 Å². The fourth-order valence-electron chi connectivity index (χ4n) is 1.00. The van der Waals surface area contributed by atoms with Crippen molar-refractivity contribution in [1.29, 1.82) is 0 Å². The van der Waals surface area contributed by atoms with E-state index in [1.807, 2.05) is 6.92 Å². The number of rotatable bonds is 3. The van der Waals surface area contributed by atoms with E-state index < -0.39 is 11.9 Å². The Balaban J connectivity index is 2.87. The van der Waals surface area contributed by atoms with Gasteiger partial charge in [-0.05, 0) is 6.42 Å². The Morgan fingerprint density at radius 2 is 2.58 bits per heavy atom. The van der Waals surface area contributed by atoms with Gasteiger partial charge in [0.25, 0.3) is 0 Å². The molecule has 2 N–H and O–H groups in total. The molecule has 12 heavy (non-hydrogen) atoms. The van der Waals surface area contributed by atoms with Gasteiger partial charge in [-0.1, -0.05) is 18.5 Å². The van der Waals surface area contributed by atoms with Crippen molar-refractivity contribution < 1.29 is 4.79 Å². The number of primary amides is 1. The van der Waals surface area contributed by atoms with Crippen molar-refractivity contribution in [2.24, 2.45) is 5.73 Å². The standard InChI is InChI=1S/C7H10ClN3O/c1-2-6(7(9)12)11-4-5(8)3-10-11/h3-4,6H,2H2,1H3,(H2,9,12)/t6-/m0/s1. The number of carbonyl (C=O) groups excluding carboxylic acids is 1. The van der Waals surface area contributed by atoms with Crippen LogP contribution in [-0.4, -0.2) is 15.7 Å². The lowest BCUT2D eigenvalue weighted by Crippen LogP contribution is -2.26. The van der Waals surface area contributed by atoms with Crippen molar-refractivity contribution in [2.45, 2.75) is 19.4 Å². The second-order valence-electron chi connectivity index (χ2n) is 2.46. The van der Waals surface area contributed by atoms with Gasteiger partial charge in [0.1, 0.15) is 6.04 Å². The number of hydrogen-bond acceptors (Lipinski definition) is 2. The molecule has 0 bridgehead atoms. The molecule has 4 nitrogen and oxygen atoms in total. The molecule has 1 heterocycles. The summed E-state index contributed by atoms with van der Waals surface area (Å²) in [6.45, 7) is 1.87. The minimum atomic E-state index is -0.391. The van der Waals surface area contributed by atoms with Gasteiger partial charge in [0.2, 0.25) is 5.91 Å². The highest BCUT2D eigenvalue weighted by atomic mass is 35.5. The van der Waals surface area contributed by atoms with E-state index in [-0.39, 0.29) is 0 Å². The van der Waals surface area contributed by atoms with Crippen LogP contribution in [0.15, 0.2) is 12.4 Å². The van der Waals surface area contributed by atoms with Crippen LogP contribution >= 0.6 is 11.6 Å². The summed E-state index contributed by atoms with van der Waals surface area (Å²) in [6, 6.07) is -0.391. The number of nitrogens with two attached hydrogens (primary N) is 1. The van der Waals surface area contributed by atoms with Crippen LogP contribution in [-0.2, 0) is 4.79 Å². The maximum absolute atomic E-state index is 10.9. The van der Waals surface area contributed by atoms with Gasteiger partial charge in [-0.25, -0.2) is 0 Å². The molecule has 0 spiro atoms. The summed E-state index contributed by atoms with van der Waals surface area (Å²) in [7, 11) is 0. The Hall–Kier alpha value is -1.03. The van der Waals surface area contributed by atoms with Gasteiger partial charge in [-0.2, -0.15) is 5.10 Å². The van der Waals surface area contributed by atoms with Crippen LogP contribution in [0.3, 0.4) is 0 Å². The predicted octanol–water partition coefficient (Wildman–Crippen LogP) is 0.973. The highest BCUT2D eigenvalue weighted by molar-refractivity contribution is 6.30. The van der Waals surface area contributed by atoms with E-state index in [0.717, 1.165) is 0 Å². The van der Waals surface area contributed by atoms with Crippen LogP contribution in [0.1, 0.15) is 19.4 Å². The van der Waals surface area contributed by atoms with Crippen molar-refractivity contribution in [2.75, 3.05) is 0 Å². The Bertz CT molecular complexity index is 284. The fraction of sp³-hybridized carbons (Fsp3) is 0.429. The van der Waals surface area contributed by atoms with E-state index in [9.17, 15) is 4.79 Å². The van der Waals surface area contributed by atoms with Crippen LogP contribution in [0, 0.1) is 0 Å². The lowest BCUT2D eigenvalue weighted by Gasteiger charge is -2.09. The number of carbonyl (C=O) groups is 1. The summed E-state index contributed by atoms with van der Waals surface area (Å²) in [6.07, 6.45) is 3.68. The van der Waals surface area contributed by atoms with E-state index in [1.165, 1.54) is 10.9 Å². The molecule has 1 rings (SSSR count). The maximum Gasteiger partial charge on any atom is 0.242 e. The molecular formula is C7H10ClN3O. The van der Waals surface area contributed by atoms with Gasteiger partial charge >= 0.3 is 0 Å². The van der Waals surface area contributed by atoms with Crippen molar-refractivity contribution in [3.05, 3.63) is 17.4 Å². The molecule has 1 atom stereocenters.